The van der Waals surface area contributed by atoms with Gasteiger partial charge in [-0.2, -0.15) is 0 Å². The number of hydrogen-bond acceptors (Lipinski definition) is 4. The largest absolute Gasteiger partial charge is 0.463 e. The SMILES string of the molecule is CCCCCCCC=CCCCCCCCC(=O)OCC(O)CO. The van der Waals surface area contributed by atoms with Crippen molar-refractivity contribution in [3.05, 3.63) is 12.2 Å². The van der Waals surface area contributed by atoms with Gasteiger partial charge in [0.2, 0.25) is 0 Å². The lowest BCUT2D eigenvalue weighted by Crippen LogP contribution is -2.21. The van der Waals surface area contributed by atoms with Crippen molar-refractivity contribution >= 4 is 5.97 Å². The highest BCUT2D eigenvalue weighted by atomic mass is 16.5. The van der Waals surface area contributed by atoms with Gasteiger partial charge >= 0.3 is 5.97 Å². The van der Waals surface area contributed by atoms with Gasteiger partial charge in [0.1, 0.15) is 12.7 Å². The summed E-state index contributed by atoms with van der Waals surface area (Å²) < 4.78 is 4.85. The maximum absolute atomic E-state index is 11.4. The van der Waals surface area contributed by atoms with Gasteiger partial charge in [-0.05, 0) is 32.1 Å². The first kappa shape index (κ1) is 23.1. The maximum Gasteiger partial charge on any atom is 0.305 e. The summed E-state index contributed by atoms with van der Waals surface area (Å²) in [7, 11) is 0. The molecule has 0 rings (SSSR count). The van der Waals surface area contributed by atoms with Crippen LogP contribution >= 0.6 is 0 Å². The fourth-order valence-electron chi connectivity index (χ4n) is 2.48. The van der Waals surface area contributed by atoms with Gasteiger partial charge in [-0.25, -0.2) is 0 Å². The van der Waals surface area contributed by atoms with Gasteiger partial charge in [-0.15, -0.1) is 0 Å². The number of ether oxygens (including phenoxy) is 1. The Morgan fingerprint density at radius 1 is 0.917 bits per heavy atom. The average molecular weight is 343 g/mol. The van der Waals surface area contributed by atoms with E-state index in [4.69, 9.17) is 14.9 Å². The molecule has 0 aliphatic heterocycles. The fourth-order valence-corrected chi connectivity index (χ4v) is 2.48. The van der Waals surface area contributed by atoms with Crippen molar-refractivity contribution in [2.24, 2.45) is 0 Å². The minimum absolute atomic E-state index is 0.111. The van der Waals surface area contributed by atoms with Crippen molar-refractivity contribution in [1.29, 1.82) is 0 Å². The molecular weight excluding hydrogens is 304 g/mol. The first-order chi connectivity index (χ1) is 11.7. The average Bonchev–Trinajstić information content (AvgIpc) is 2.59. The Kier molecular flexibility index (Phi) is 17.8. The highest BCUT2D eigenvalue weighted by Gasteiger charge is 2.07. The second-order valence-electron chi connectivity index (χ2n) is 6.50. The molecule has 0 spiro atoms. The third kappa shape index (κ3) is 17.5. The van der Waals surface area contributed by atoms with Crippen molar-refractivity contribution in [3.63, 3.8) is 0 Å². The fraction of sp³-hybridized carbons (Fsp3) is 0.850. The molecule has 0 saturated heterocycles. The molecule has 0 bridgehead atoms. The van der Waals surface area contributed by atoms with E-state index < -0.39 is 6.10 Å². The van der Waals surface area contributed by atoms with Gasteiger partial charge < -0.3 is 14.9 Å². The molecule has 0 aromatic carbocycles. The van der Waals surface area contributed by atoms with Gasteiger partial charge in [0, 0.05) is 6.42 Å². The molecule has 0 amide bonds. The van der Waals surface area contributed by atoms with Gasteiger partial charge in [0.15, 0.2) is 0 Å². The van der Waals surface area contributed by atoms with E-state index in [0.29, 0.717) is 6.42 Å². The molecule has 0 aromatic heterocycles. The molecule has 0 aliphatic rings. The van der Waals surface area contributed by atoms with Crippen LogP contribution in [-0.4, -0.2) is 35.5 Å². The molecule has 142 valence electrons. The van der Waals surface area contributed by atoms with Crippen molar-refractivity contribution in [1.82, 2.24) is 0 Å². The van der Waals surface area contributed by atoms with E-state index in [0.717, 1.165) is 25.7 Å². The molecule has 1 atom stereocenters. The normalized spacial score (nSPS) is 12.6. The van der Waals surface area contributed by atoms with E-state index in [1.165, 1.54) is 51.4 Å². The Balaban J connectivity index is 3.23. The number of carbonyl (C=O) groups is 1. The van der Waals surface area contributed by atoms with Crippen LogP contribution in [-0.2, 0) is 9.53 Å². The Labute approximate surface area is 148 Å². The third-order valence-corrected chi connectivity index (χ3v) is 4.04. The van der Waals surface area contributed by atoms with Crippen LogP contribution in [0.1, 0.15) is 90.4 Å². The Morgan fingerprint density at radius 2 is 1.46 bits per heavy atom. The number of hydrogen-bond donors (Lipinski definition) is 2. The Morgan fingerprint density at radius 3 is 2.04 bits per heavy atom. The monoisotopic (exact) mass is 342 g/mol. The molecule has 0 aromatic rings. The summed E-state index contributed by atoms with van der Waals surface area (Å²) in [6, 6.07) is 0. The molecule has 1 unspecified atom stereocenters. The van der Waals surface area contributed by atoms with Crippen LogP contribution in [0.15, 0.2) is 12.2 Å². The van der Waals surface area contributed by atoms with Crippen molar-refractivity contribution < 1.29 is 19.7 Å². The molecule has 24 heavy (non-hydrogen) atoms. The van der Waals surface area contributed by atoms with Crippen molar-refractivity contribution in [3.8, 4) is 0 Å². The maximum atomic E-state index is 11.4. The van der Waals surface area contributed by atoms with Gasteiger partial charge in [-0.1, -0.05) is 64.0 Å². The minimum Gasteiger partial charge on any atom is -0.463 e. The molecule has 2 N–H and O–H groups in total. The molecular formula is C20H38O4. The van der Waals surface area contributed by atoms with Crippen LogP contribution in [0.4, 0.5) is 0 Å². The number of unbranched alkanes of at least 4 members (excludes halogenated alkanes) is 10. The van der Waals surface area contributed by atoms with Crippen LogP contribution in [0.25, 0.3) is 0 Å². The van der Waals surface area contributed by atoms with E-state index in [1.54, 1.807) is 0 Å². The standard InChI is InChI=1S/C20H38O4/c1-2-3-4-5-6-7-8-9-10-11-12-13-14-15-16-20(23)24-18-19(22)17-21/h8-9,19,21-22H,2-7,10-18H2,1H3. The molecule has 0 heterocycles. The summed E-state index contributed by atoms with van der Waals surface area (Å²) in [5, 5.41) is 17.7. The zero-order chi connectivity index (χ0) is 17.9. The topological polar surface area (TPSA) is 66.8 Å². The summed E-state index contributed by atoms with van der Waals surface area (Å²) in [6.45, 7) is 1.76. The van der Waals surface area contributed by atoms with E-state index in [-0.39, 0.29) is 19.2 Å². The number of rotatable bonds is 17. The predicted octanol–water partition coefficient (Wildman–Crippen LogP) is 4.53. The van der Waals surface area contributed by atoms with Gasteiger partial charge in [0.25, 0.3) is 0 Å². The van der Waals surface area contributed by atoms with Crippen molar-refractivity contribution in [2.45, 2.75) is 96.5 Å². The van der Waals surface area contributed by atoms with Crippen LogP contribution in [0.2, 0.25) is 0 Å². The lowest BCUT2D eigenvalue weighted by Gasteiger charge is -2.08. The number of esters is 1. The molecule has 0 saturated carbocycles. The van der Waals surface area contributed by atoms with Crippen LogP contribution < -0.4 is 0 Å². The first-order valence-corrected chi connectivity index (χ1v) is 9.80. The summed E-state index contributed by atoms with van der Waals surface area (Å²) in [6.07, 6.45) is 18.6. The zero-order valence-electron chi connectivity index (χ0n) is 15.5. The summed E-state index contributed by atoms with van der Waals surface area (Å²) in [4.78, 5) is 11.4. The molecule has 0 fully saturated rings. The second-order valence-corrected chi connectivity index (χ2v) is 6.50. The van der Waals surface area contributed by atoms with Crippen LogP contribution in [0.3, 0.4) is 0 Å². The number of carbonyl (C=O) groups excluding carboxylic acids is 1. The van der Waals surface area contributed by atoms with Gasteiger partial charge in [-0.3, -0.25) is 4.79 Å². The molecule has 4 nitrogen and oxygen atoms in total. The summed E-state index contributed by atoms with van der Waals surface area (Å²) >= 11 is 0. The van der Waals surface area contributed by atoms with Gasteiger partial charge in [0.05, 0.1) is 6.61 Å². The van der Waals surface area contributed by atoms with Crippen LogP contribution in [0, 0.1) is 0 Å². The summed E-state index contributed by atoms with van der Waals surface area (Å²) in [5.74, 6) is -0.288. The molecule has 4 heteroatoms. The molecule has 0 radical (unpaired) electrons. The van der Waals surface area contributed by atoms with Crippen molar-refractivity contribution in [2.75, 3.05) is 13.2 Å². The van der Waals surface area contributed by atoms with E-state index in [9.17, 15) is 4.79 Å². The number of aliphatic hydroxyl groups is 2. The highest BCUT2D eigenvalue weighted by Crippen LogP contribution is 2.09. The minimum atomic E-state index is -0.960. The second kappa shape index (κ2) is 18.5. The van der Waals surface area contributed by atoms with Crippen LogP contribution in [0.5, 0.6) is 0 Å². The lowest BCUT2D eigenvalue weighted by atomic mass is 10.1. The number of allylic oxidation sites excluding steroid dienone is 2. The predicted molar refractivity (Wildman–Crippen MR) is 98.9 cm³/mol. The third-order valence-electron chi connectivity index (χ3n) is 4.04. The zero-order valence-corrected chi connectivity index (χ0v) is 15.5. The lowest BCUT2D eigenvalue weighted by molar-refractivity contribution is -0.147. The van der Waals surface area contributed by atoms with E-state index in [2.05, 4.69) is 19.1 Å². The Bertz CT molecular complexity index is 302. The first-order valence-electron chi connectivity index (χ1n) is 9.80. The molecule has 0 aliphatic carbocycles. The Hall–Kier alpha value is -0.870. The highest BCUT2D eigenvalue weighted by molar-refractivity contribution is 5.69. The quantitative estimate of drug-likeness (QED) is 0.231. The summed E-state index contributed by atoms with van der Waals surface area (Å²) in [5.41, 5.74) is 0. The number of aliphatic hydroxyl groups excluding tert-OH is 2. The van der Waals surface area contributed by atoms with E-state index >= 15 is 0 Å². The smallest absolute Gasteiger partial charge is 0.305 e. The van der Waals surface area contributed by atoms with E-state index in [1.807, 2.05) is 0 Å².